The van der Waals surface area contributed by atoms with Crippen LogP contribution in [0.4, 0.5) is 5.82 Å². The third-order valence-electron chi connectivity index (χ3n) is 5.93. The van der Waals surface area contributed by atoms with Gasteiger partial charge in [-0.15, -0.1) is 0 Å². The average Bonchev–Trinajstić information content (AvgIpc) is 3.30. The molecule has 0 spiro atoms. The highest BCUT2D eigenvalue weighted by Gasteiger charge is 2.24. The average molecular weight is 478 g/mol. The Morgan fingerprint density at radius 1 is 1.14 bits per heavy atom. The molecule has 0 bridgehead atoms. The molecule has 0 aliphatic carbocycles. The summed E-state index contributed by atoms with van der Waals surface area (Å²) < 4.78 is 12.6. The largest absolute Gasteiger partial charge is 0.481 e. The predicted molar refractivity (Wildman–Crippen MR) is 135 cm³/mol. The second-order valence-corrected chi connectivity index (χ2v) is 9.92. The lowest BCUT2D eigenvalue weighted by Crippen LogP contribution is -2.26. The molecule has 1 aliphatic rings. The van der Waals surface area contributed by atoms with Gasteiger partial charge in [-0.25, -0.2) is 9.97 Å². The summed E-state index contributed by atoms with van der Waals surface area (Å²) in [5, 5.41) is 8.20. The van der Waals surface area contributed by atoms with Gasteiger partial charge in [0.2, 0.25) is 5.88 Å². The first-order valence-corrected chi connectivity index (χ1v) is 12.3. The summed E-state index contributed by atoms with van der Waals surface area (Å²) >= 11 is 0. The Kier molecular flexibility index (Phi) is 7.68. The van der Waals surface area contributed by atoms with Gasteiger partial charge in [0.05, 0.1) is 25.3 Å². The molecule has 0 amide bonds. The lowest BCUT2D eigenvalue weighted by Gasteiger charge is -2.23. The van der Waals surface area contributed by atoms with Crippen molar-refractivity contribution in [2.24, 2.45) is 0 Å². The van der Waals surface area contributed by atoms with E-state index in [1.54, 1.807) is 19.4 Å². The fourth-order valence-corrected chi connectivity index (χ4v) is 4.26. The molecule has 8 nitrogen and oxygen atoms in total. The van der Waals surface area contributed by atoms with Gasteiger partial charge in [0.25, 0.3) is 0 Å². The van der Waals surface area contributed by atoms with Crippen molar-refractivity contribution in [1.29, 1.82) is 0 Å². The first kappa shape index (κ1) is 24.7. The van der Waals surface area contributed by atoms with E-state index in [-0.39, 0.29) is 18.4 Å². The summed E-state index contributed by atoms with van der Waals surface area (Å²) in [6, 6.07) is 9.74. The number of hydrogen-bond acceptors (Lipinski definition) is 7. The molecule has 1 atom stereocenters. The maximum absolute atomic E-state index is 12.7. The zero-order valence-corrected chi connectivity index (χ0v) is 21.1. The molecule has 8 heteroatoms. The quantitative estimate of drug-likeness (QED) is 0.453. The van der Waals surface area contributed by atoms with Crippen molar-refractivity contribution < 1.29 is 14.3 Å². The monoisotopic (exact) mass is 477 g/mol. The first-order chi connectivity index (χ1) is 16.8. The number of fused-ring (bicyclic) bond motifs is 1. The number of anilines is 1. The van der Waals surface area contributed by atoms with Gasteiger partial charge in [-0.3, -0.25) is 9.48 Å². The third kappa shape index (κ3) is 6.81. The molecule has 0 saturated carbocycles. The maximum atomic E-state index is 12.7. The van der Waals surface area contributed by atoms with E-state index in [1.807, 2.05) is 43.8 Å². The van der Waals surface area contributed by atoms with Crippen molar-refractivity contribution in [3.8, 4) is 5.88 Å². The van der Waals surface area contributed by atoms with Crippen LogP contribution >= 0.6 is 0 Å². The molecule has 3 aromatic rings. The number of hydrogen-bond donors (Lipinski definition) is 1. The van der Waals surface area contributed by atoms with Crippen LogP contribution in [0.5, 0.6) is 5.88 Å². The van der Waals surface area contributed by atoms with Crippen LogP contribution in [0, 0.1) is 0 Å². The van der Waals surface area contributed by atoms with Gasteiger partial charge in [-0.2, -0.15) is 5.10 Å². The zero-order chi connectivity index (χ0) is 24.8. The Bertz CT molecular complexity index is 1130. The second-order valence-electron chi connectivity index (χ2n) is 9.92. The maximum Gasteiger partial charge on any atom is 0.308 e. The van der Waals surface area contributed by atoms with E-state index >= 15 is 0 Å². The zero-order valence-electron chi connectivity index (χ0n) is 21.1. The molecule has 4 heterocycles. The van der Waals surface area contributed by atoms with E-state index in [9.17, 15) is 4.79 Å². The van der Waals surface area contributed by atoms with Gasteiger partial charge in [-0.1, -0.05) is 6.07 Å². The molecule has 3 aromatic heterocycles. The topological polar surface area (TPSA) is 91.2 Å². The van der Waals surface area contributed by atoms with Gasteiger partial charge < -0.3 is 14.8 Å². The van der Waals surface area contributed by atoms with Gasteiger partial charge in [0.15, 0.2) is 0 Å². The Balaban J connectivity index is 1.43. The number of esters is 1. The van der Waals surface area contributed by atoms with Gasteiger partial charge in [0.1, 0.15) is 11.4 Å². The smallest absolute Gasteiger partial charge is 0.308 e. The van der Waals surface area contributed by atoms with Crippen LogP contribution < -0.4 is 10.1 Å². The summed E-state index contributed by atoms with van der Waals surface area (Å²) in [5.74, 6) is 1.29. The number of carbonyl (C=O) groups is 1. The molecule has 0 radical (unpaired) electrons. The number of rotatable bonds is 9. The number of methoxy groups -OCH3 is 1. The minimum Gasteiger partial charge on any atom is -0.481 e. The number of nitrogens with one attached hydrogen (secondary N) is 1. The molecular weight excluding hydrogens is 442 g/mol. The number of ether oxygens (including phenoxy) is 2. The lowest BCUT2D eigenvalue weighted by molar-refractivity contribution is -0.155. The molecule has 1 aliphatic heterocycles. The van der Waals surface area contributed by atoms with E-state index < -0.39 is 5.60 Å². The van der Waals surface area contributed by atoms with Gasteiger partial charge >= 0.3 is 5.97 Å². The van der Waals surface area contributed by atoms with E-state index in [2.05, 4.69) is 22.4 Å². The Hall–Kier alpha value is -3.42. The Morgan fingerprint density at radius 3 is 2.71 bits per heavy atom. The van der Waals surface area contributed by atoms with E-state index in [4.69, 9.17) is 19.6 Å². The molecule has 0 fully saturated rings. The summed E-state index contributed by atoms with van der Waals surface area (Å²) in [6.45, 7) is 6.60. The highest BCUT2D eigenvalue weighted by atomic mass is 16.6. The number of aromatic nitrogens is 4. The number of aryl methyl sites for hydroxylation is 3. The second kappa shape index (κ2) is 10.9. The molecule has 0 aromatic carbocycles. The van der Waals surface area contributed by atoms with Crippen LogP contribution in [0.15, 0.2) is 42.7 Å². The van der Waals surface area contributed by atoms with Gasteiger partial charge in [-0.05, 0) is 82.2 Å². The van der Waals surface area contributed by atoms with Crippen LogP contribution in [0.25, 0.3) is 0 Å². The Morgan fingerprint density at radius 2 is 1.97 bits per heavy atom. The molecular formula is C27H35N5O3. The van der Waals surface area contributed by atoms with Crippen molar-refractivity contribution in [1.82, 2.24) is 19.7 Å². The first-order valence-electron chi connectivity index (χ1n) is 12.3. The normalized spacial score (nSPS) is 14.1. The molecule has 0 saturated heterocycles. The van der Waals surface area contributed by atoms with Crippen molar-refractivity contribution in [2.45, 2.75) is 70.9 Å². The van der Waals surface area contributed by atoms with Crippen molar-refractivity contribution >= 4 is 11.8 Å². The lowest BCUT2D eigenvalue weighted by atomic mass is 10.1. The van der Waals surface area contributed by atoms with Crippen LogP contribution in [-0.4, -0.2) is 45.0 Å². The highest BCUT2D eigenvalue weighted by Crippen LogP contribution is 2.25. The predicted octanol–water partition coefficient (Wildman–Crippen LogP) is 4.54. The van der Waals surface area contributed by atoms with Gasteiger partial charge in [0, 0.05) is 30.7 Å². The van der Waals surface area contributed by atoms with Crippen LogP contribution in [-0.2, 0) is 28.8 Å². The van der Waals surface area contributed by atoms with Crippen molar-refractivity contribution in [2.75, 3.05) is 19.0 Å². The fourth-order valence-electron chi connectivity index (χ4n) is 4.26. The fraction of sp³-hybridized carbons (Fsp3) is 0.481. The number of pyridine rings is 2. The van der Waals surface area contributed by atoms with E-state index in [0.29, 0.717) is 5.88 Å². The highest BCUT2D eigenvalue weighted by molar-refractivity contribution is 5.71. The molecule has 35 heavy (non-hydrogen) atoms. The SMILES string of the molecule is COc1ccc(C(CC(=O)OC(C)(C)C)n2ccc(CCCc3ccc4c(n3)NCCC4)n2)cn1. The standard InChI is InChI=1S/C27H35N5O3/c1-27(2,3)35-25(33)17-23(20-11-13-24(34-4)29-18-20)32-16-14-22(31-32)9-5-8-21-12-10-19-7-6-15-28-26(19)30-21/h10-14,16,18,23H,5-9,15,17H2,1-4H3,(H,28,30). The summed E-state index contributed by atoms with van der Waals surface area (Å²) in [5.41, 5.74) is 3.72. The molecule has 1 N–H and O–H groups in total. The van der Waals surface area contributed by atoms with Crippen LogP contribution in [0.1, 0.15) is 68.6 Å². The van der Waals surface area contributed by atoms with Crippen molar-refractivity contribution in [3.05, 3.63) is 65.2 Å². The number of nitrogens with zero attached hydrogens (tertiary/aromatic N) is 4. The van der Waals surface area contributed by atoms with Crippen molar-refractivity contribution in [3.63, 3.8) is 0 Å². The van der Waals surface area contributed by atoms with Crippen LogP contribution in [0.3, 0.4) is 0 Å². The summed E-state index contributed by atoms with van der Waals surface area (Å²) in [6.07, 6.45) is 8.76. The molecule has 186 valence electrons. The third-order valence-corrected chi connectivity index (χ3v) is 5.93. The summed E-state index contributed by atoms with van der Waals surface area (Å²) in [7, 11) is 1.58. The number of carbonyl (C=O) groups excluding carboxylic acids is 1. The minimum atomic E-state index is -0.546. The molecule has 4 rings (SSSR count). The Labute approximate surface area is 207 Å². The van der Waals surface area contributed by atoms with E-state index in [0.717, 1.165) is 61.4 Å². The summed E-state index contributed by atoms with van der Waals surface area (Å²) in [4.78, 5) is 21.8. The van der Waals surface area contributed by atoms with Crippen LogP contribution in [0.2, 0.25) is 0 Å². The molecule has 1 unspecified atom stereocenters. The van der Waals surface area contributed by atoms with E-state index in [1.165, 1.54) is 5.56 Å². The minimum absolute atomic E-state index is 0.165.